The Hall–Kier alpha value is -0.0900. The van der Waals surface area contributed by atoms with Crippen LogP contribution in [0.2, 0.25) is 0 Å². The average molecular weight is 206 g/mol. The summed E-state index contributed by atoms with van der Waals surface area (Å²) >= 11 is 5.67. The molecule has 0 aromatic heterocycles. The molecule has 1 rings (SSSR count). The fourth-order valence-corrected chi connectivity index (χ4v) is 1.70. The Kier molecular flexibility index (Phi) is 3.74. The van der Waals surface area contributed by atoms with Crippen LogP contribution >= 0.6 is 11.6 Å². The molecule has 0 radical (unpaired) electrons. The third kappa shape index (κ3) is 3.27. The van der Waals surface area contributed by atoms with Crippen molar-refractivity contribution in [2.45, 2.75) is 18.4 Å². The van der Waals surface area contributed by atoms with Crippen LogP contribution in [0, 0.1) is 0 Å². The number of aliphatic hydroxyl groups excluding tert-OH is 1. The highest BCUT2D eigenvalue weighted by molar-refractivity contribution is 6.29. The highest BCUT2D eigenvalue weighted by Crippen LogP contribution is 2.21. The average Bonchev–Trinajstić information content (AvgIpc) is 2.09. The fourth-order valence-electron chi connectivity index (χ4n) is 1.53. The summed E-state index contributed by atoms with van der Waals surface area (Å²) in [6, 6.07) is 0. The Morgan fingerprint density at radius 1 is 1.46 bits per heavy atom. The number of hydrogen-bond acceptors (Lipinski definition) is 3. The lowest BCUT2D eigenvalue weighted by Gasteiger charge is -2.36. The van der Waals surface area contributed by atoms with Crippen molar-refractivity contribution in [1.29, 1.82) is 0 Å². The second-order valence-corrected chi connectivity index (χ2v) is 4.21. The lowest BCUT2D eigenvalue weighted by molar-refractivity contribution is -0.0577. The number of nitrogens with zero attached hydrogens (tertiary/aromatic N) is 1. The SMILES string of the molecule is C=C(Cl)CN1CCC(O)(CO)CC1. The summed E-state index contributed by atoms with van der Waals surface area (Å²) < 4.78 is 0. The summed E-state index contributed by atoms with van der Waals surface area (Å²) in [5.41, 5.74) is -0.871. The first-order chi connectivity index (χ1) is 6.06. The van der Waals surface area contributed by atoms with Crippen molar-refractivity contribution in [2.75, 3.05) is 26.2 Å². The Balaban J connectivity index is 2.34. The maximum Gasteiger partial charge on any atom is 0.0901 e. The van der Waals surface area contributed by atoms with E-state index in [4.69, 9.17) is 16.7 Å². The van der Waals surface area contributed by atoms with Gasteiger partial charge in [0.1, 0.15) is 0 Å². The van der Waals surface area contributed by atoms with Gasteiger partial charge in [0.2, 0.25) is 0 Å². The summed E-state index contributed by atoms with van der Waals surface area (Å²) in [6.45, 7) is 5.67. The van der Waals surface area contributed by atoms with E-state index in [2.05, 4.69) is 11.5 Å². The van der Waals surface area contributed by atoms with Crippen LogP contribution in [0.25, 0.3) is 0 Å². The van der Waals surface area contributed by atoms with E-state index in [1.807, 2.05) is 0 Å². The van der Waals surface area contributed by atoms with E-state index in [1.54, 1.807) is 0 Å². The van der Waals surface area contributed by atoms with E-state index >= 15 is 0 Å². The highest BCUT2D eigenvalue weighted by atomic mass is 35.5. The molecular weight excluding hydrogens is 190 g/mol. The molecule has 0 amide bonds. The van der Waals surface area contributed by atoms with Crippen molar-refractivity contribution in [3.63, 3.8) is 0 Å². The van der Waals surface area contributed by atoms with Crippen molar-refractivity contribution in [1.82, 2.24) is 4.90 Å². The summed E-state index contributed by atoms with van der Waals surface area (Å²) in [6.07, 6.45) is 1.21. The number of likely N-dealkylation sites (tertiary alicyclic amines) is 1. The number of piperidine rings is 1. The first-order valence-electron chi connectivity index (χ1n) is 4.45. The summed E-state index contributed by atoms with van der Waals surface area (Å²) in [5.74, 6) is 0. The predicted molar refractivity (Wildman–Crippen MR) is 52.7 cm³/mol. The van der Waals surface area contributed by atoms with Gasteiger partial charge in [0, 0.05) is 24.7 Å². The minimum atomic E-state index is -0.871. The van der Waals surface area contributed by atoms with Gasteiger partial charge < -0.3 is 10.2 Å². The van der Waals surface area contributed by atoms with E-state index in [1.165, 1.54) is 0 Å². The molecule has 0 atom stereocenters. The summed E-state index contributed by atoms with van der Waals surface area (Å²) in [5, 5.41) is 19.2. The second kappa shape index (κ2) is 4.42. The zero-order valence-electron chi connectivity index (χ0n) is 7.67. The van der Waals surface area contributed by atoms with Crippen molar-refractivity contribution < 1.29 is 10.2 Å². The second-order valence-electron chi connectivity index (χ2n) is 3.68. The molecule has 0 aromatic rings. The van der Waals surface area contributed by atoms with Gasteiger partial charge in [-0.25, -0.2) is 0 Å². The number of aliphatic hydroxyl groups is 2. The molecule has 1 aliphatic heterocycles. The minimum absolute atomic E-state index is 0.150. The molecular formula is C9H16ClNO2. The van der Waals surface area contributed by atoms with Crippen molar-refractivity contribution in [3.05, 3.63) is 11.6 Å². The molecule has 0 unspecified atom stereocenters. The van der Waals surface area contributed by atoms with E-state index in [-0.39, 0.29) is 6.61 Å². The van der Waals surface area contributed by atoms with Gasteiger partial charge in [-0.3, -0.25) is 4.90 Å². The third-order valence-corrected chi connectivity index (χ3v) is 2.60. The first-order valence-corrected chi connectivity index (χ1v) is 4.82. The standard InChI is InChI=1S/C9H16ClNO2/c1-8(10)6-11-4-2-9(13,7-12)3-5-11/h12-13H,1-7H2. The van der Waals surface area contributed by atoms with Gasteiger partial charge in [-0.15, -0.1) is 0 Å². The molecule has 2 N–H and O–H groups in total. The molecule has 1 heterocycles. The Labute approximate surface area is 83.6 Å². The van der Waals surface area contributed by atoms with Gasteiger partial charge in [-0.2, -0.15) is 0 Å². The van der Waals surface area contributed by atoms with Crippen molar-refractivity contribution >= 4 is 11.6 Å². The highest BCUT2D eigenvalue weighted by Gasteiger charge is 2.31. The van der Waals surface area contributed by atoms with Crippen LogP contribution in [0.4, 0.5) is 0 Å². The molecule has 13 heavy (non-hydrogen) atoms. The molecule has 3 nitrogen and oxygen atoms in total. The van der Waals surface area contributed by atoms with Crippen LogP contribution in [0.1, 0.15) is 12.8 Å². The predicted octanol–water partition coefficient (Wildman–Crippen LogP) is 0.558. The van der Waals surface area contributed by atoms with Crippen LogP contribution < -0.4 is 0 Å². The molecule has 76 valence electrons. The van der Waals surface area contributed by atoms with Crippen LogP contribution in [-0.4, -0.2) is 47.0 Å². The van der Waals surface area contributed by atoms with Crippen LogP contribution in [0.5, 0.6) is 0 Å². The summed E-state index contributed by atoms with van der Waals surface area (Å²) in [7, 11) is 0. The zero-order chi connectivity index (χ0) is 9.90. The largest absolute Gasteiger partial charge is 0.393 e. The van der Waals surface area contributed by atoms with Gasteiger partial charge in [-0.1, -0.05) is 18.2 Å². The Morgan fingerprint density at radius 3 is 2.38 bits per heavy atom. The van der Waals surface area contributed by atoms with Crippen LogP contribution in [0.15, 0.2) is 11.6 Å². The zero-order valence-corrected chi connectivity index (χ0v) is 8.43. The maximum absolute atomic E-state index is 9.70. The Morgan fingerprint density at radius 2 is 2.00 bits per heavy atom. The first kappa shape index (κ1) is 11.0. The molecule has 0 saturated carbocycles. The maximum atomic E-state index is 9.70. The lowest BCUT2D eigenvalue weighted by atomic mass is 9.92. The van der Waals surface area contributed by atoms with Gasteiger partial charge in [0.25, 0.3) is 0 Å². The summed E-state index contributed by atoms with van der Waals surface area (Å²) in [4.78, 5) is 2.12. The van der Waals surface area contributed by atoms with E-state index in [0.29, 0.717) is 24.4 Å². The molecule has 0 aromatic carbocycles. The van der Waals surface area contributed by atoms with E-state index < -0.39 is 5.60 Å². The number of hydrogen-bond donors (Lipinski definition) is 2. The smallest absolute Gasteiger partial charge is 0.0901 e. The topological polar surface area (TPSA) is 43.7 Å². The normalized spacial score (nSPS) is 23.0. The number of rotatable bonds is 3. The van der Waals surface area contributed by atoms with E-state index in [9.17, 15) is 5.11 Å². The molecule has 1 saturated heterocycles. The quantitative estimate of drug-likeness (QED) is 0.708. The molecule has 0 aliphatic carbocycles. The van der Waals surface area contributed by atoms with Crippen LogP contribution in [-0.2, 0) is 0 Å². The van der Waals surface area contributed by atoms with Gasteiger partial charge in [0.15, 0.2) is 0 Å². The third-order valence-electron chi connectivity index (χ3n) is 2.48. The van der Waals surface area contributed by atoms with Crippen LogP contribution in [0.3, 0.4) is 0 Å². The number of halogens is 1. The Bertz CT molecular complexity index is 188. The molecule has 1 fully saturated rings. The molecule has 0 bridgehead atoms. The van der Waals surface area contributed by atoms with E-state index in [0.717, 1.165) is 13.1 Å². The van der Waals surface area contributed by atoms with Crippen molar-refractivity contribution in [3.8, 4) is 0 Å². The molecule has 0 spiro atoms. The van der Waals surface area contributed by atoms with Gasteiger partial charge in [-0.05, 0) is 12.8 Å². The molecule has 1 aliphatic rings. The van der Waals surface area contributed by atoms with Gasteiger partial charge in [0.05, 0.1) is 12.2 Å². The molecule has 4 heteroatoms. The fraction of sp³-hybridized carbons (Fsp3) is 0.778. The van der Waals surface area contributed by atoms with Crippen molar-refractivity contribution in [2.24, 2.45) is 0 Å². The van der Waals surface area contributed by atoms with Gasteiger partial charge >= 0.3 is 0 Å². The minimum Gasteiger partial charge on any atom is -0.393 e. The monoisotopic (exact) mass is 205 g/mol. The lowest BCUT2D eigenvalue weighted by Crippen LogP contribution is -2.46.